The van der Waals surface area contributed by atoms with Crippen LogP contribution in [0.25, 0.3) is 0 Å². The zero-order valence-corrected chi connectivity index (χ0v) is 14.6. The summed E-state index contributed by atoms with van der Waals surface area (Å²) >= 11 is 0. The third-order valence-corrected chi connectivity index (χ3v) is 3.80. The van der Waals surface area contributed by atoms with Crippen LogP contribution < -0.4 is 10.6 Å². The highest BCUT2D eigenvalue weighted by atomic mass is 16.5. The molecule has 0 bridgehead atoms. The molecule has 0 spiro atoms. The average Bonchev–Trinajstić information content (AvgIpc) is 2.52. The van der Waals surface area contributed by atoms with Crippen molar-refractivity contribution in [1.29, 1.82) is 0 Å². The van der Waals surface area contributed by atoms with Gasteiger partial charge in [-0.3, -0.25) is 14.4 Å². The van der Waals surface area contributed by atoms with Crippen LogP contribution in [0, 0.1) is 5.92 Å². The maximum atomic E-state index is 12.4. The fourth-order valence-electron chi connectivity index (χ4n) is 2.20. The topological polar surface area (TPSA) is 87.7 Å². The molecule has 0 aromatic carbocycles. The summed E-state index contributed by atoms with van der Waals surface area (Å²) in [6.07, 6.45) is 0.812. The molecule has 0 saturated carbocycles. The number of rotatable bonds is 8. The van der Waals surface area contributed by atoms with E-state index < -0.39 is 12.0 Å². The number of ether oxygens (including phenoxy) is 1. The number of nitrogens with one attached hydrogen (secondary N) is 2. The second-order valence-electron chi connectivity index (χ2n) is 6.37. The van der Waals surface area contributed by atoms with Gasteiger partial charge in [0.2, 0.25) is 11.8 Å². The van der Waals surface area contributed by atoms with Crippen molar-refractivity contribution in [2.45, 2.75) is 52.6 Å². The Kier molecular flexibility index (Phi) is 8.02. The summed E-state index contributed by atoms with van der Waals surface area (Å²) in [5.74, 6) is -0.679. The fourth-order valence-corrected chi connectivity index (χ4v) is 2.20. The van der Waals surface area contributed by atoms with E-state index in [0.29, 0.717) is 19.7 Å². The van der Waals surface area contributed by atoms with Crippen molar-refractivity contribution in [3.63, 3.8) is 0 Å². The Labute approximate surface area is 138 Å². The highest BCUT2D eigenvalue weighted by Gasteiger charge is 2.34. The third-order valence-electron chi connectivity index (χ3n) is 3.80. The molecule has 1 rings (SSSR count). The van der Waals surface area contributed by atoms with Gasteiger partial charge in [-0.1, -0.05) is 20.8 Å². The predicted octanol–water partition coefficient (Wildman–Crippen LogP) is 0.291. The van der Waals surface area contributed by atoms with Gasteiger partial charge in [-0.25, -0.2) is 0 Å². The van der Waals surface area contributed by atoms with E-state index in [1.807, 2.05) is 27.7 Å². The number of hydrogen-bond donors (Lipinski definition) is 2. The molecule has 1 aliphatic heterocycles. The molecule has 2 unspecified atom stereocenters. The van der Waals surface area contributed by atoms with E-state index in [2.05, 4.69) is 10.6 Å². The van der Waals surface area contributed by atoms with Gasteiger partial charge in [0.25, 0.3) is 0 Å². The molecule has 0 aromatic heterocycles. The van der Waals surface area contributed by atoms with E-state index >= 15 is 0 Å². The first-order valence-corrected chi connectivity index (χ1v) is 8.31. The number of piperazine rings is 1. The van der Waals surface area contributed by atoms with Gasteiger partial charge in [0.15, 0.2) is 0 Å². The van der Waals surface area contributed by atoms with E-state index in [4.69, 9.17) is 4.74 Å². The van der Waals surface area contributed by atoms with Crippen LogP contribution in [0.5, 0.6) is 0 Å². The van der Waals surface area contributed by atoms with Crippen LogP contribution in [-0.2, 0) is 19.1 Å². The molecule has 2 N–H and O–H groups in total. The third kappa shape index (κ3) is 6.56. The highest BCUT2D eigenvalue weighted by Crippen LogP contribution is 2.11. The largest absolute Gasteiger partial charge is 0.465 e. The van der Waals surface area contributed by atoms with Crippen LogP contribution in [-0.4, -0.2) is 61.0 Å². The van der Waals surface area contributed by atoms with E-state index in [0.717, 1.165) is 6.42 Å². The van der Waals surface area contributed by atoms with Gasteiger partial charge in [-0.05, 0) is 19.3 Å². The van der Waals surface area contributed by atoms with Gasteiger partial charge >= 0.3 is 5.97 Å². The molecule has 132 valence electrons. The first-order valence-electron chi connectivity index (χ1n) is 8.31. The number of carbonyl (C=O) groups excluding carboxylic acids is 3. The van der Waals surface area contributed by atoms with E-state index in [1.54, 1.807) is 0 Å². The Morgan fingerprint density at radius 2 is 2.09 bits per heavy atom. The van der Waals surface area contributed by atoms with Crippen molar-refractivity contribution in [2.75, 3.05) is 26.2 Å². The molecule has 2 amide bonds. The molecule has 1 aliphatic rings. The summed E-state index contributed by atoms with van der Waals surface area (Å²) in [6, 6.07) is -0.554. The van der Waals surface area contributed by atoms with E-state index in [1.165, 1.54) is 4.90 Å². The maximum absolute atomic E-state index is 12.4. The second-order valence-corrected chi connectivity index (χ2v) is 6.37. The van der Waals surface area contributed by atoms with Crippen molar-refractivity contribution in [1.82, 2.24) is 15.5 Å². The van der Waals surface area contributed by atoms with Crippen LogP contribution in [0.4, 0.5) is 0 Å². The molecule has 0 aromatic rings. The van der Waals surface area contributed by atoms with E-state index in [-0.39, 0.29) is 36.7 Å². The summed E-state index contributed by atoms with van der Waals surface area (Å²) in [7, 11) is 0. The maximum Gasteiger partial charge on any atom is 0.308 e. The molecule has 2 atom stereocenters. The zero-order chi connectivity index (χ0) is 17.4. The van der Waals surface area contributed by atoms with Gasteiger partial charge in [-0.15, -0.1) is 0 Å². The second kappa shape index (κ2) is 9.50. The van der Waals surface area contributed by atoms with Gasteiger partial charge in [0.05, 0.1) is 19.6 Å². The summed E-state index contributed by atoms with van der Waals surface area (Å²) < 4.78 is 5.13. The Morgan fingerprint density at radius 3 is 2.70 bits per heavy atom. The van der Waals surface area contributed by atoms with Crippen molar-refractivity contribution in [3.05, 3.63) is 0 Å². The van der Waals surface area contributed by atoms with Crippen LogP contribution in [0.15, 0.2) is 0 Å². The Morgan fingerprint density at radius 1 is 1.39 bits per heavy atom. The van der Waals surface area contributed by atoms with Gasteiger partial charge in [0, 0.05) is 19.1 Å². The molecular weight excluding hydrogens is 298 g/mol. The van der Waals surface area contributed by atoms with Crippen molar-refractivity contribution < 1.29 is 19.1 Å². The molecule has 23 heavy (non-hydrogen) atoms. The van der Waals surface area contributed by atoms with Crippen LogP contribution in [0.1, 0.15) is 40.5 Å². The normalized spacial score (nSPS) is 19.4. The van der Waals surface area contributed by atoms with Gasteiger partial charge < -0.3 is 20.3 Å². The minimum Gasteiger partial charge on any atom is -0.465 e. The van der Waals surface area contributed by atoms with Crippen molar-refractivity contribution in [3.8, 4) is 0 Å². The lowest BCUT2D eigenvalue weighted by Crippen LogP contribution is -2.59. The number of nitrogens with zero attached hydrogens (tertiary/aromatic N) is 1. The quantitative estimate of drug-likeness (QED) is 0.626. The monoisotopic (exact) mass is 327 g/mol. The van der Waals surface area contributed by atoms with E-state index in [9.17, 15) is 14.4 Å². The number of amides is 2. The summed E-state index contributed by atoms with van der Waals surface area (Å²) in [6.45, 7) is 9.21. The molecule has 1 fully saturated rings. The van der Waals surface area contributed by atoms with Crippen molar-refractivity contribution in [2.24, 2.45) is 5.92 Å². The lowest BCUT2D eigenvalue weighted by atomic mass is 10.1. The summed E-state index contributed by atoms with van der Waals surface area (Å²) in [4.78, 5) is 37.8. The lowest BCUT2D eigenvalue weighted by molar-refractivity contribution is -0.152. The van der Waals surface area contributed by atoms with Crippen LogP contribution >= 0.6 is 0 Å². The zero-order valence-electron chi connectivity index (χ0n) is 14.6. The molecular formula is C16H29N3O4. The number of carbonyl (C=O) groups is 3. The number of hydrogen-bond acceptors (Lipinski definition) is 5. The average molecular weight is 327 g/mol. The Balaban J connectivity index is 2.62. The smallest absolute Gasteiger partial charge is 0.308 e. The molecule has 7 heteroatoms. The molecule has 1 saturated heterocycles. The van der Waals surface area contributed by atoms with Gasteiger partial charge in [0.1, 0.15) is 6.04 Å². The lowest BCUT2D eigenvalue weighted by Gasteiger charge is -2.35. The van der Waals surface area contributed by atoms with Crippen LogP contribution in [0.2, 0.25) is 0 Å². The first-order chi connectivity index (χ1) is 10.8. The minimum absolute atomic E-state index is 0.104. The number of esters is 1. The molecule has 0 radical (unpaired) electrons. The first kappa shape index (κ1) is 19.4. The summed E-state index contributed by atoms with van der Waals surface area (Å²) in [5, 5.41) is 5.82. The van der Waals surface area contributed by atoms with Gasteiger partial charge in [-0.2, -0.15) is 0 Å². The molecule has 1 heterocycles. The SMILES string of the molecule is CCC(C)NCC(=O)N1CCNC(=O)C1CC(=O)OCC(C)C. The van der Waals surface area contributed by atoms with Crippen LogP contribution in [0.3, 0.4) is 0 Å². The predicted molar refractivity (Wildman–Crippen MR) is 86.7 cm³/mol. The Bertz CT molecular complexity index is 426. The standard InChI is InChI=1S/C16H29N3O4/c1-5-12(4)18-9-14(20)19-7-6-17-16(22)13(19)8-15(21)23-10-11(2)3/h11-13,18H,5-10H2,1-4H3,(H,17,22). The van der Waals surface area contributed by atoms with Crippen molar-refractivity contribution >= 4 is 17.8 Å². The Hall–Kier alpha value is -1.63. The molecule has 7 nitrogen and oxygen atoms in total. The summed E-state index contributed by atoms with van der Waals surface area (Å²) in [5.41, 5.74) is 0. The molecule has 0 aliphatic carbocycles. The highest BCUT2D eigenvalue weighted by molar-refractivity contribution is 5.92. The fraction of sp³-hybridized carbons (Fsp3) is 0.812. The minimum atomic E-state index is -0.783.